The summed E-state index contributed by atoms with van der Waals surface area (Å²) in [6, 6.07) is 8.43. The average molecular weight is 407 g/mol. The Kier molecular flexibility index (Phi) is 7.23. The van der Waals surface area contributed by atoms with E-state index in [4.69, 9.17) is 11.6 Å². The summed E-state index contributed by atoms with van der Waals surface area (Å²) in [7, 11) is 3.68. The summed E-state index contributed by atoms with van der Waals surface area (Å²) in [5, 5.41) is 8.03. The lowest BCUT2D eigenvalue weighted by molar-refractivity contribution is 0.0949. The van der Waals surface area contributed by atoms with Crippen molar-refractivity contribution in [2.45, 2.75) is 13.8 Å². The van der Waals surface area contributed by atoms with Crippen LogP contribution >= 0.6 is 11.6 Å². The third-order valence-electron chi connectivity index (χ3n) is 3.83. The Morgan fingerprint density at radius 2 is 1.68 bits per heavy atom. The maximum Gasteiger partial charge on any atom is 0.323 e. The lowest BCUT2D eigenvalue weighted by Crippen LogP contribution is -2.29. The number of benzene rings is 2. The highest BCUT2D eigenvalue weighted by molar-refractivity contribution is 6.31. The lowest BCUT2D eigenvalue weighted by Gasteiger charge is -2.19. The fraction of sp³-hybridized carbons (Fsp3) is 0.300. The van der Waals surface area contributed by atoms with Crippen LogP contribution in [-0.4, -0.2) is 32.6 Å². The van der Waals surface area contributed by atoms with Gasteiger partial charge in [-0.1, -0.05) is 25.4 Å². The number of rotatable bonds is 6. The first-order chi connectivity index (χ1) is 13.2. The van der Waals surface area contributed by atoms with Crippen molar-refractivity contribution in [3.05, 3.63) is 52.8 Å². The SMILES string of the molecule is CC(C)CNC(=O)c1cc(NC(=O)Nc2ccc(F)c(Cl)c2)ccc1N(C)C. The molecule has 6 nitrogen and oxygen atoms in total. The number of amides is 3. The number of carbonyl (C=O) groups excluding carboxylic acids is 2. The maximum atomic E-state index is 13.2. The van der Waals surface area contributed by atoms with Crippen molar-refractivity contribution in [1.29, 1.82) is 0 Å². The molecule has 0 heterocycles. The van der Waals surface area contributed by atoms with Gasteiger partial charge >= 0.3 is 6.03 Å². The van der Waals surface area contributed by atoms with Crippen molar-refractivity contribution in [3.8, 4) is 0 Å². The molecule has 0 saturated heterocycles. The minimum Gasteiger partial charge on any atom is -0.377 e. The van der Waals surface area contributed by atoms with Gasteiger partial charge in [-0.15, -0.1) is 0 Å². The van der Waals surface area contributed by atoms with Gasteiger partial charge in [0, 0.05) is 37.7 Å². The van der Waals surface area contributed by atoms with Gasteiger partial charge in [0.2, 0.25) is 0 Å². The minimum atomic E-state index is -0.566. The monoisotopic (exact) mass is 406 g/mol. The van der Waals surface area contributed by atoms with E-state index in [9.17, 15) is 14.0 Å². The predicted molar refractivity (Wildman–Crippen MR) is 112 cm³/mol. The first kappa shape index (κ1) is 21.5. The van der Waals surface area contributed by atoms with E-state index in [1.54, 1.807) is 18.2 Å². The van der Waals surface area contributed by atoms with Crippen LogP contribution in [-0.2, 0) is 0 Å². The molecule has 0 aliphatic rings. The number of anilines is 3. The zero-order valence-corrected chi connectivity index (χ0v) is 17.0. The minimum absolute atomic E-state index is 0.0859. The van der Waals surface area contributed by atoms with Gasteiger partial charge in [-0.2, -0.15) is 0 Å². The Bertz CT molecular complexity index is 871. The molecule has 0 unspecified atom stereocenters. The third kappa shape index (κ3) is 5.85. The predicted octanol–water partition coefficient (Wildman–Crippen LogP) is 4.57. The summed E-state index contributed by atoms with van der Waals surface area (Å²) < 4.78 is 13.2. The molecule has 0 saturated carbocycles. The Hall–Kier alpha value is -2.80. The highest BCUT2D eigenvalue weighted by Gasteiger charge is 2.15. The van der Waals surface area contributed by atoms with Crippen LogP contribution in [0.25, 0.3) is 0 Å². The molecule has 2 aromatic rings. The zero-order chi connectivity index (χ0) is 20.8. The van der Waals surface area contributed by atoms with Crippen LogP contribution in [0.1, 0.15) is 24.2 Å². The van der Waals surface area contributed by atoms with Gasteiger partial charge < -0.3 is 20.9 Å². The van der Waals surface area contributed by atoms with Gasteiger partial charge in [0.1, 0.15) is 5.82 Å². The first-order valence-electron chi connectivity index (χ1n) is 8.80. The second-order valence-electron chi connectivity index (χ2n) is 6.94. The van der Waals surface area contributed by atoms with Crippen LogP contribution in [0.2, 0.25) is 5.02 Å². The molecule has 0 aliphatic heterocycles. The molecule has 8 heteroatoms. The van der Waals surface area contributed by atoms with Gasteiger partial charge in [0.05, 0.1) is 10.6 Å². The third-order valence-corrected chi connectivity index (χ3v) is 4.12. The van der Waals surface area contributed by atoms with E-state index in [1.807, 2.05) is 32.8 Å². The molecule has 150 valence electrons. The van der Waals surface area contributed by atoms with Crippen LogP contribution in [0.4, 0.5) is 26.2 Å². The van der Waals surface area contributed by atoms with E-state index in [1.165, 1.54) is 18.2 Å². The van der Waals surface area contributed by atoms with Crippen molar-refractivity contribution >= 4 is 40.6 Å². The van der Waals surface area contributed by atoms with Crippen LogP contribution in [0.3, 0.4) is 0 Å². The van der Waals surface area contributed by atoms with Crippen LogP contribution in [0.15, 0.2) is 36.4 Å². The van der Waals surface area contributed by atoms with Gasteiger partial charge in [-0.05, 0) is 42.3 Å². The topological polar surface area (TPSA) is 73.5 Å². The summed E-state index contributed by atoms with van der Waals surface area (Å²) in [5.41, 5.74) is 1.99. The number of hydrogen-bond donors (Lipinski definition) is 3. The number of hydrogen-bond acceptors (Lipinski definition) is 3. The van der Waals surface area contributed by atoms with E-state index in [-0.39, 0.29) is 10.9 Å². The number of carbonyl (C=O) groups is 2. The highest BCUT2D eigenvalue weighted by atomic mass is 35.5. The van der Waals surface area contributed by atoms with Crippen LogP contribution in [0.5, 0.6) is 0 Å². The van der Waals surface area contributed by atoms with Crippen molar-refractivity contribution in [2.75, 3.05) is 36.2 Å². The molecule has 2 rings (SSSR count). The largest absolute Gasteiger partial charge is 0.377 e. The Morgan fingerprint density at radius 3 is 2.25 bits per heavy atom. The molecule has 3 N–H and O–H groups in total. The van der Waals surface area contributed by atoms with Crippen molar-refractivity contribution < 1.29 is 14.0 Å². The van der Waals surface area contributed by atoms with E-state index in [0.717, 1.165) is 5.69 Å². The molecule has 0 atom stereocenters. The molecular formula is C20H24ClFN4O2. The van der Waals surface area contributed by atoms with Gasteiger partial charge in [-0.3, -0.25) is 4.79 Å². The maximum absolute atomic E-state index is 13.2. The molecule has 0 fully saturated rings. The second kappa shape index (κ2) is 9.41. The summed E-state index contributed by atoms with van der Waals surface area (Å²) in [6.45, 7) is 4.57. The fourth-order valence-electron chi connectivity index (χ4n) is 2.45. The standard InChI is InChI=1S/C20H24ClFN4O2/c1-12(2)11-23-19(27)15-9-13(6-8-18(15)26(3)4)24-20(28)25-14-5-7-17(22)16(21)10-14/h5-10,12H,11H2,1-4H3,(H,23,27)(H2,24,25,28). The first-order valence-corrected chi connectivity index (χ1v) is 9.17. The molecule has 0 radical (unpaired) electrons. The lowest BCUT2D eigenvalue weighted by atomic mass is 10.1. The van der Waals surface area contributed by atoms with E-state index in [0.29, 0.717) is 29.4 Å². The van der Waals surface area contributed by atoms with Gasteiger partial charge in [0.25, 0.3) is 5.91 Å². The Balaban J connectivity index is 2.16. The summed E-state index contributed by atoms with van der Waals surface area (Å²) >= 11 is 5.72. The molecule has 28 heavy (non-hydrogen) atoms. The smallest absolute Gasteiger partial charge is 0.323 e. The quantitative estimate of drug-likeness (QED) is 0.657. The zero-order valence-electron chi connectivity index (χ0n) is 16.3. The molecule has 0 aromatic heterocycles. The molecule has 3 amide bonds. The summed E-state index contributed by atoms with van der Waals surface area (Å²) in [5.74, 6) is -0.461. The Labute approximate surface area is 169 Å². The molecule has 0 bridgehead atoms. The Morgan fingerprint density at radius 1 is 1.07 bits per heavy atom. The summed E-state index contributed by atoms with van der Waals surface area (Å²) in [6.07, 6.45) is 0. The number of halogens is 2. The van der Waals surface area contributed by atoms with E-state index >= 15 is 0 Å². The molecule has 0 aliphatic carbocycles. The highest BCUT2D eigenvalue weighted by Crippen LogP contribution is 2.24. The molecule has 2 aromatic carbocycles. The van der Waals surface area contributed by atoms with Crippen molar-refractivity contribution in [1.82, 2.24) is 5.32 Å². The second-order valence-corrected chi connectivity index (χ2v) is 7.35. The number of nitrogens with one attached hydrogen (secondary N) is 3. The summed E-state index contributed by atoms with van der Waals surface area (Å²) in [4.78, 5) is 26.6. The fourth-order valence-corrected chi connectivity index (χ4v) is 2.63. The number of urea groups is 1. The van der Waals surface area contributed by atoms with E-state index < -0.39 is 11.8 Å². The van der Waals surface area contributed by atoms with Crippen LogP contribution in [0, 0.1) is 11.7 Å². The van der Waals surface area contributed by atoms with Gasteiger partial charge in [-0.25, -0.2) is 9.18 Å². The van der Waals surface area contributed by atoms with Crippen LogP contribution < -0.4 is 20.9 Å². The van der Waals surface area contributed by atoms with Gasteiger partial charge in [0.15, 0.2) is 0 Å². The normalized spacial score (nSPS) is 10.5. The van der Waals surface area contributed by atoms with Crippen molar-refractivity contribution in [2.24, 2.45) is 5.92 Å². The average Bonchev–Trinajstić information content (AvgIpc) is 2.62. The molecular weight excluding hydrogens is 383 g/mol. The van der Waals surface area contributed by atoms with E-state index in [2.05, 4.69) is 16.0 Å². The molecule has 0 spiro atoms. The van der Waals surface area contributed by atoms with Crippen molar-refractivity contribution in [3.63, 3.8) is 0 Å². The number of nitrogens with zero attached hydrogens (tertiary/aromatic N) is 1.